The molecule has 0 unspecified atom stereocenters. The number of benzene rings is 3. The second-order valence-electron chi connectivity index (χ2n) is 5.83. The van der Waals surface area contributed by atoms with Gasteiger partial charge in [0.2, 0.25) is 0 Å². The Bertz CT molecular complexity index is 861. The van der Waals surface area contributed by atoms with E-state index in [0.717, 1.165) is 28.2 Å². The van der Waals surface area contributed by atoms with Gasteiger partial charge in [-0.25, -0.2) is 4.79 Å². The van der Waals surface area contributed by atoms with Crippen molar-refractivity contribution in [2.24, 2.45) is 0 Å². The summed E-state index contributed by atoms with van der Waals surface area (Å²) in [5.41, 5.74) is 1.88. The highest BCUT2D eigenvalue weighted by Crippen LogP contribution is 2.16. The van der Waals surface area contributed by atoms with Crippen molar-refractivity contribution in [3.05, 3.63) is 83.9 Å². The van der Waals surface area contributed by atoms with Gasteiger partial charge in [-0.3, -0.25) is 0 Å². The maximum absolute atomic E-state index is 11.9. The predicted octanol–water partition coefficient (Wildman–Crippen LogP) is 3.88. The quantitative estimate of drug-likeness (QED) is 0.697. The summed E-state index contributed by atoms with van der Waals surface area (Å²) < 4.78 is 5.16. The Balaban J connectivity index is 1.57. The zero-order valence-corrected chi connectivity index (χ0v) is 13.7. The molecule has 0 bridgehead atoms. The summed E-state index contributed by atoms with van der Waals surface area (Å²) in [6, 6.07) is 22.8. The third-order valence-electron chi connectivity index (χ3n) is 3.95. The molecular weight excluding hydrogens is 314 g/mol. The molecular formula is C21H19NO3. The molecule has 0 aliphatic heterocycles. The Morgan fingerprint density at radius 3 is 2.40 bits per heavy atom. The van der Waals surface area contributed by atoms with Crippen LogP contribution in [-0.4, -0.2) is 18.4 Å². The number of hydrogen-bond acceptors (Lipinski definition) is 3. The lowest BCUT2D eigenvalue weighted by atomic mass is 10.0. The monoisotopic (exact) mass is 333 g/mol. The molecule has 0 aliphatic carbocycles. The first-order valence-corrected chi connectivity index (χ1v) is 8.15. The number of carbonyl (C=O) groups is 2. The van der Waals surface area contributed by atoms with Gasteiger partial charge < -0.3 is 14.8 Å². The van der Waals surface area contributed by atoms with Crippen molar-refractivity contribution in [2.75, 3.05) is 0 Å². The van der Waals surface area contributed by atoms with Gasteiger partial charge in [0.1, 0.15) is 12.9 Å². The van der Waals surface area contributed by atoms with E-state index in [1.165, 1.54) is 0 Å². The number of alkyl carbamates (subject to hydrolysis) is 1. The second kappa shape index (κ2) is 8.11. The smallest absolute Gasteiger partial charge is 0.408 e. The lowest BCUT2D eigenvalue weighted by Crippen LogP contribution is -2.37. The fraction of sp³-hybridized carbons (Fsp3) is 0.143. The first-order chi connectivity index (χ1) is 12.2. The summed E-state index contributed by atoms with van der Waals surface area (Å²) in [5.74, 6) is 0. The lowest BCUT2D eigenvalue weighted by molar-refractivity contribution is -0.109. The van der Waals surface area contributed by atoms with Crippen LogP contribution < -0.4 is 5.32 Å². The summed E-state index contributed by atoms with van der Waals surface area (Å²) in [6.07, 6.45) is 0.565. The maximum atomic E-state index is 11.9. The fourth-order valence-corrected chi connectivity index (χ4v) is 2.67. The Morgan fingerprint density at radius 2 is 1.64 bits per heavy atom. The highest BCUT2D eigenvalue weighted by Gasteiger charge is 2.13. The Labute approximate surface area is 146 Å². The van der Waals surface area contributed by atoms with Crippen molar-refractivity contribution in [1.29, 1.82) is 0 Å². The molecule has 1 amide bonds. The molecule has 4 nitrogen and oxygen atoms in total. The largest absolute Gasteiger partial charge is 0.445 e. The average Bonchev–Trinajstić information content (AvgIpc) is 2.66. The van der Waals surface area contributed by atoms with Crippen molar-refractivity contribution in [3.63, 3.8) is 0 Å². The van der Waals surface area contributed by atoms with Crippen molar-refractivity contribution >= 4 is 23.2 Å². The first-order valence-electron chi connectivity index (χ1n) is 8.15. The van der Waals surface area contributed by atoms with Crippen LogP contribution in [0.15, 0.2) is 72.8 Å². The standard InChI is InChI=1S/C21H19NO3/c23-14-20(22-21(24)25-15-16-6-2-1-3-7-16)13-17-10-11-18-8-4-5-9-19(18)12-17/h1-12,14,20H,13,15H2,(H,22,24)/t20-/m0/s1. The zero-order valence-electron chi connectivity index (χ0n) is 13.7. The molecule has 3 aromatic rings. The molecule has 25 heavy (non-hydrogen) atoms. The van der Waals surface area contributed by atoms with Gasteiger partial charge >= 0.3 is 6.09 Å². The molecule has 0 spiro atoms. The summed E-state index contributed by atoms with van der Waals surface area (Å²) in [7, 11) is 0. The van der Waals surface area contributed by atoms with Crippen LogP contribution in [0.3, 0.4) is 0 Å². The molecule has 126 valence electrons. The Morgan fingerprint density at radius 1 is 0.920 bits per heavy atom. The Kier molecular flexibility index (Phi) is 5.42. The molecule has 0 saturated heterocycles. The summed E-state index contributed by atoms with van der Waals surface area (Å²) in [4.78, 5) is 23.2. The number of nitrogens with one attached hydrogen (secondary N) is 1. The SMILES string of the molecule is O=C[C@H](Cc1ccc2ccccc2c1)NC(=O)OCc1ccccc1. The molecule has 3 rings (SSSR count). The topological polar surface area (TPSA) is 55.4 Å². The van der Waals surface area contributed by atoms with Crippen LogP contribution in [0.2, 0.25) is 0 Å². The number of rotatable bonds is 6. The van der Waals surface area contributed by atoms with Gasteiger partial charge in [0, 0.05) is 0 Å². The van der Waals surface area contributed by atoms with E-state index in [0.29, 0.717) is 6.42 Å². The summed E-state index contributed by atoms with van der Waals surface area (Å²) >= 11 is 0. The van der Waals surface area contributed by atoms with Crippen LogP contribution in [0, 0.1) is 0 Å². The third kappa shape index (κ3) is 4.67. The van der Waals surface area contributed by atoms with Crippen molar-refractivity contribution in [3.8, 4) is 0 Å². The van der Waals surface area contributed by atoms with E-state index in [1.807, 2.05) is 72.8 Å². The van der Waals surface area contributed by atoms with E-state index in [1.54, 1.807) is 0 Å². The molecule has 1 atom stereocenters. The van der Waals surface area contributed by atoms with Crippen LogP contribution >= 0.6 is 0 Å². The van der Waals surface area contributed by atoms with Gasteiger partial charge in [-0.05, 0) is 28.3 Å². The highest BCUT2D eigenvalue weighted by atomic mass is 16.5. The minimum absolute atomic E-state index is 0.175. The highest BCUT2D eigenvalue weighted by molar-refractivity contribution is 5.83. The first kappa shape index (κ1) is 16.7. The number of amides is 1. The van der Waals surface area contributed by atoms with Gasteiger partial charge in [-0.1, -0.05) is 72.8 Å². The maximum Gasteiger partial charge on any atom is 0.408 e. The normalized spacial score (nSPS) is 11.7. The predicted molar refractivity (Wildman–Crippen MR) is 97.3 cm³/mol. The summed E-state index contributed by atoms with van der Waals surface area (Å²) in [6.45, 7) is 0.175. The van der Waals surface area contributed by atoms with Gasteiger partial charge in [0.15, 0.2) is 0 Å². The zero-order chi connectivity index (χ0) is 17.5. The van der Waals surface area contributed by atoms with Crippen LogP contribution in [0.25, 0.3) is 10.8 Å². The van der Waals surface area contributed by atoms with E-state index in [9.17, 15) is 9.59 Å². The number of fused-ring (bicyclic) bond motifs is 1. The fourth-order valence-electron chi connectivity index (χ4n) is 2.67. The van der Waals surface area contributed by atoms with Crippen molar-refractivity contribution in [2.45, 2.75) is 19.1 Å². The minimum atomic E-state index is -0.621. The molecule has 0 aromatic heterocycles. The van der Waals surface area contributed by atoms with E-state index in [4.69, 9.17) is 4.74 Å². The number of ether oxygens (including phenoxy) is 1. The van der Waals surface area contributed by atoms with Gasteiger partial charge in [0.25, 0.3) is 0 Å². The van der Waals surface area contributed by atoms with Crippen LogP contribution in [0.1, 0.15) is 11.1 Å². The van der Waals surface area contributed by atoms with Crippen molar-refractivity contribution in [1.82, 2.24) is 5.32 Å². The van der Waals surface area contributed by atoms with E-state index in [-0.39, 0.29) is 6.61 Å². The van der Waals surface area contributed by atoms with E-state index < -0.39 is 12.1 Å². The van der Waals surface area contributed by atoms with Gasteiger partial charge in [-0.15, -0.1) is 0 Å². The Hall–Kier alpha value is -3.14. The van der Waals surface area contributed by atoms with Crippen LogP contribution in [-0.2, 0) is 22.6 Å². The number of hydrogen-bond donors (Lipinski definition) is 1. The van der Waals surface area contributed by atoms with Gasteiger partial charge in [-0.2, -0.15) is 0 Å². The van der Waals surface area contributed by atoms with Crippen LogP contribution in [0.4, 0.5) is 4.79 Å². The van der Waals surface area contributed by atoms with E-state index in [2.05, 4.69) is 5.32 Å². The van der Waals surface area contributed by atoms with Crippen LogP contribution in [0.5, 0.6) is 0 Å². The third-order valence-corrected chi connectivity index (χ3v) is 3.95. The van der Waals surface area contributed by atoms with Gasteiger partial charge in [0.05, 0.1) is 6.04 Å². The average molecular weight is 333 g/mol. The minimum Gasteiger partial charge on any atom is -0.445 e. The molecule has 0 fully saturated rings. The summed E-state index contributed by atoms with van der Waals surface area (Å²) in [5, 5.41) is 4.85. The lowest BCUT2D eigenvalue weighted by Gasteiger charge is -2.13. The molecule has 3 aromatic carbocycles. The molecule has 0 radical (unpaired) electrons. The van der Waals surface area contributed by atoms with Crippen molar-refractivity contribution < 1.29 is 14.3 Å². The number of aldehydes is 1. The molecule has 0 aliphatic rings. The molecule has 1 N–H and O–H groups in total. The molecule has 0 saturated carbocycles. The molecule has 4 heteroatoms. The number of carbonyl (C=O) groups excluding carboxylic acids is 2. The van der Waals surface area contributed by atoms with E-state index >= 15 is 0 Å². The second-order valence-corrected chi connectivity index (χ2v) is 5.83. The molecule has 0 heterocycles.